The molecule has 6 nitrogen and oxygen atoms in total. The summed E-state index contributed by atoms with van der Waals surface area (Å²) in [6.07, 6.45) is -0.652. The molecule has 3 atom stereocenters. The van der Waals surface area contributed by atoms with Crippen LogP contribution in [-0.2, 0) is 11.3 Å². The molecule has 0 aliphatic carbocycles. The van der Waals surface area contributed by atoms with Gasteiger partial charge in [0.05, 0.1) is 31.1 Å². The van der Waals surface area contributed by atoms with Gasteiger partial charge in [-0.25, -0.2) is 0 Å². The Kier molecular flexibility index (Phi) is 4.93. The summed E-state index contributed by atoms with van der Waals surface area (Å²) in [5.74, 6) is 0.770. The number of aromatic nitrogens is 1. The van der Waals surface area contributed by atoms with Crippen LogP contribution in [0.2, 0.25) is 0 Å². The molecule has 2 N–H and O–H groups in total. The van der Waals surface area contributed by atoms with E-state index >= 15 is 0 Å². The van der Waals surface area contributed by atoms with Gasteiger partial charge in [-0.2, -0.15) is 0 Å². The number of aliphatic hydroxyl groups excluding tert-OH is 2. The number of hydrogen-bond acceptors (Lipinski definition) is 6. The quantitative estimate of drug-likeness (QED) is 0.802. The summed E-state index contributed by atoms with van der Waals surface area (Å²) in [7, 11) is 0. The van der Waals surface area contributed by atoms with Crippen LogP contribution in [0.25, 0.3) is 0 Å². The van der Waals surface area contributed by atoms with E-state index in [1.165, 1.54) is 0 Å². The topological polar surface area (TPSA) is 79.0 Å². The van der Waals surface area contributed by atoms with Crippen molar-refractivity contribution >= 4 is 0 Å². The highest BCUT2D eigenvalue weighted by Crippen LogP contribution is 2.18. The van der Waals surface area contributed by atoms with Gasteiger partial charge in [-0.05, 0) is 19.9 Å². The lowest BCUT2D eigenvalue weighted by Gasteiger charge is -2.39. The summed E-state index contributed by atoms with van der Waals surface area (Å²) in [6, 6.07) is 1.68. The Morgan fingerprint density at radius 2 is 2.21 bits per heavy atom. The van der Waals surface area contributed by atoms with Crippen LogP contribution < -0.4 is 0 Å². The second-order valence-electron chi connectivity index (χ2n) is 5.06. The molecule has 1 aliphatic rings. The minimum atomic E-state index is -0.822. The summed E-state index contributed by atoms with van der Waals surface area (Å²) >= 11 is 0. The third-order valence-electron chi connectivity index (χ3n) is 3.39. The Hall–Kier alpha value is -0.950. The van der Waals surface area contributed by atoms with Crippen LogP contribution >= 0.6 is 0 Å². The lowest BCUT2D eigenvalue weighted by molar-refractivity contribution is -0.134. The van der Waals surface area contributed by atoms with Crippen LogP contribution in [-0.4, -0.2) is 58.3 Å². The first-order valence-corrected chi connectivity index (χ1v) is 6.72. The van der Waals surface area contributed by atoms with E-state index < -0.39 is 12.2 Å². The van der Waals surface area contributed by atoms with Crippen molar-refractivity contribution in [2.24, 2.45) is 0 Å². The fourth-order valence-corrected chi connectivity index (χ4v) is 2.43. The van der Waals surface area contributed by atoms with Gasteiger partial charge in [-0.15, -0.1) is 0 Å². The zero-order chi connectivity index (χ0) is 13.8. The molecule has 0 unspecified atom stereocenters. The van der Waals surface area contributed by atoms with Crippen molar-refractivity contribution in [1.29, 1.82) is 0 Å². The van der Waals surface area contributed by atoms with Crippen LogP contribution in [0.3, 0.4) is 0 Å². The molecule has 0 amide bonds. The van der Waals surface area contributed by atoms with Gasteiger partial charge in [0.2, 0.25) is 0 Å². The van der Waals surface area contributed by atoms with Gasteiger partial charge in [0.15, 0.2) is 0 Å². The van der Waals surface area contributed by atoms with Crippen LogP contribution in [0, 0.1) is 6.92 Å². The number of aliphatic hydroxyl groups is 2. The molecular weight excluding hydrogens is 248 g/mol. The normalized spacial score (nSPS) is 27.9. The van der Waals surface area contributed by atoms with E-state index in [-0.39, 0.29) is 12.6 Å². The van der Waals surface area contributed by atoms with Crippen molar-refractivity contribution < 1.29 is 19.5 Å². The number of rotatable bonds is 5. The zero-order valence-corrected chi connectivity index (χ0v) is 11.5. The highest BCUT2D eigenvalue weighted by molar-refractivity contribution is 5.04. The molecule has 0 aromatic carbocycles. The molecule has 2 heterocycles. The van der Waals surface area contributed by atoms with Crippen LogP contribution in [0.4, 0.5) is 0 Å². The largest absolute Gasteiger partial charge is 0.389 e. The number of hydrogen-bond donors (Lipinski definition) is 2. The highest BCUT2D eigenvalue weighted by Gasteiger charge is 2.35. The number of nitrogens with zero attached hydrogens (tertiary/aromatic N) is 2. The maximum Gasteiger partial charge on any atom is 0.133 e. The lowest BCUT2D eigenvalue weighted by atomic mass is 10.0. The molecular formula is C13H22N2O4. The van der Waals surface area contributed by atoms with Crippen molar-refractivity contribution in [1.82, 2.24) is 10.1 Å². The molecule has 1 aromatic heterocycles. The second-order valence-corrected chi connectivity index (χ2v) is 5.06. The molecule has 1 saturated heterocycles. The Bertz CT molecular complexity index is 396. The SMILES string of the molecule is CCCN(Cc1cc(C)on1)[C@@H]1COC[C@@H](O)[C@H]1O. The Balaban J connectivity index is 2.05. The number of ether oxygens (including phenoxy) is 1. The first kappa shape index (κ1) is 14.5. The zero-order valence-electron chi connectivity index (χ0n) is 11.5. The molecule has 2 rings (SSSR count). The minimum Gasteiger partial charge on any atom is -0.389 e. The predicted octanol–water partition coefficient (Wildman–Crippen LogP) is 0.316. The smallest absolute Gasteiger partial charge is 0.133 e. The van der Waals surface area contributed by atoms with Crippen molar-refractivity contribution in [2.75, 3.05) is 19.8 Å². The van der Waals surface area contributed by atoms with Gasteiger partial charge in [-0.3, -0.25) is 4.90 Å². The van der Waals surface area contributed by atoms with E-state index in [2.05, 4.69) is 17.0 Å². The number of aryl methyl sites for hydroxylation is 1. The molecule has 108 valence electrons. The van der Waals surface area contributed by atoms with Gasteiger partial charge >= 0.3 is 0 Å². The van der Waals surface area contributed by atoms with E-state index in [0.717, 1.165) is 24.4 Å². The van der Waals surface area contributed by atoms with E-state index in [9.17, 15) is 10.2 Å². The molecule has 0 saturated carbocycles. The Morgan fingerprint density at radius 1 is 1.42 bits per heavy atom. The maximum atomic E-state index is 10.1. The summed E-state index contributed by atoms with van der Waals surface area (Å²) < 4.78 is 10.4. The third kappa shape index (κ3) is 3.54. The van der Waals surface area contributed by atoms with E-state index in [0.29, 0.717) is 13.2 Å². The van der Waals surface area contributed by atoms with Crippen molar-refractivity contribution in [3.05, 3.63) is 17.5 Å². The molecule has 1 aliphatic heterocycles. The van der Waals surface area contributed by atoms with E-state index in [4.69, 9.17) is 9.26 Å². The van der Waals surface area contributed by atoms with Crippen LogP contribution in [0.1, 0.15) is 24.8 Å². The molecule has 6 heteroatoms. The van der Waals surface area contributed by atoms with Crippen molar-refractivity contribution in [3.8, 4) is 0 Å². The maximum absolute atomic E-state index is 10.1. The lowest BCUT2D eigenvalue weighted by Crippen LogP contribution is -2.55. The molecule has 0 radical (unpaired) electrons. The highest BCUT2D eigenvalue weighted by atomic mass is 16.5. The Labute approximate surface area is 113 Å². The minimum absolute atomic E-state index is 0.195. The first-order valence-electron chi connectivity index (χ1n) is 6.72. The Morgan fingerprint density at radius 3 is 2.84 bits per heavy atom. The summed E-state index contributed by atoms with van der Waals surface area (Å²) in [5, 5.41) is 23.8. The van der Waals surface area contributed by atoms with Gasteiger partial charge < -0.3 is 19.5 Å². The van der Waals surface area contributed by atoms with Crippen LogP contribution in [0.5, 0.6) is 0 Å². The summed E-state index contributed by atoms with van der Waals surface area (Å²) in [5.41, 5.74) is 0.832. The molecule has 1 aromatic rings. The molecule has 0 bridgehead atoms. The van der Waals surface area contributed by atoms with Gasteiger partial charge in [0.1, 0.15) is 11.9 Å². The van der Waals surface area contributed by atoms with Gasteiger partial charge in [-0.1, -0.05) is 12.1 Å². The summed E-state index contributed by atoms with van der Waals surface area (Å²) in [6.45, 7) is 5.94. The monoisotopic (exact) mass is 270 g/mol. The van der Waals surface area contributed by atoms with Gasteiger partial charge in [0.25, 0.3) is 0 Å². The van der Waals surface area contributed by atoms with E-state index in [1.54, 1.807) is 0 Å². The standard InChI is InChI=1S/C13H22N2O4/c1-3-4-15(6-10-5-9(2)19-14-10)11-7-18-8-12(16)13(11)17/h5,11-13,16-17H,3-4,6-8H2,1-2H3/t11-,12-,13+/m1/s1. The summed E-state index contributed by atoms with van der Waals surface area (Å²) in [4.78, 5) is 2.09. The van der Waals surface area contributed by atoms with E-state index in [1.807, 2.05) is 13.0 Å². The second kappa shape index (κ2) is 6.47. The van der Waals surface area contributed by atoms with Crippen LogP contribution in [0.15, 0.2) is 10.6 Å². The van der Waals surface area contributed by atoms with Crippen molar-refractivity contribution in [2.45, 2.75) is 45.1 Å². The average Bonchev–Trinajstić information content (AvgIpc) is 2.78. The first-order chi connectivity index (χ1) is 9.11. The molecule has 0 spiro atoms. The van der Waals surface area contributed by atoms with Gasteiger partial charge in [0, 0.05) is 12.6 Å². The fourth-order valence-electron chi connectivity index (χ4n) is 2.43. The average molecular weight is 270 g/mol. The third-order valence-corrected chi connectivity index (χ3v) is 3.39. The van der Waals surface area contributed by atoms with Crippen molar-refractivity contribution in [3.63, 3.8) is 0 Å². The predicted molar refractivity (Wildman–Crippen MR) is 68.6 cm³/mol. The molecule has 1 fully saturated rings. The fraction of sp³-hybridized carbons (Fsp3) is 0.769. The molecule has 19 heavy (non-hydrogen) atoms.